The molecule has 0 aliphatic carbocycles. The molecule has 0 unspecified atom stereocenters. The number of hydrogen-bond donors (Lipinski definition) is 0. The molecule has 0 saturated heterocycles. The minimum absolute atomic E-state index is 0.0155. The van der Waals surface area contributed by atoms with Crippen molar-refractivity contribution in [1.29, 1.82) is 0 Å². The molecule has 0 spiro atoms. The van der Waals surface area contributed by atoms with E-state index in [4.69, 9.17) is 13.3 Å². The number of hydrogen-bond acceptors (Lipinski definition) is 3. The van der Waals surface area contributed by atoms with Crippen LogP contribution in [0.2, 0.25) is 0 Å². The first-order valence-electron chi connectivity index (χ1n) is 8.13. The Hall–Kier alpha value is -1.53. The van der Waals surface area contributed by atoms with E-state index in [1.807, 2.05) is 58.0 Å². The summed E-state index contributed by atoms with van der Waals surface area (Å²) in [6.07, 6.45) is -0.0310. The first-order chi connectivity index (χ1) is 11.4. The Kier molecular flexibility index (Phi) is 6.29. The molecule has 0 amide bonds. The van der Waals surface area contributed by atoms with Gasteiger partial charge in [-0.3, -0.25) is 0 Å². The predicted molar refractivity (Wildman–Crippen MR) is 96.7 cm³/mol. The van der Waals surface area contributed by atoms with Gasteiger partial charge in [-0.2, -0.15) is 0 Å². The Morgan fingerprint density at radius 3 is 1.88 bits per heavy atom. The Bertz CT molecular complexity index is 646. The molecular formula is C19H25FO3Si. The predicted octanol–water partition coefficient (Wildman–Crippen LogP) is 4.14. The van der Waals surface area contributed by atoms with Gasteiger partial charge in [0.25, 0.3) is 0 Å². The highest BCUT2D eigenvalue weighted by Gasteiger charge is 2.44. The molecule has 0 radical (unpaired) electrons. The van der Waals surface area contributed by atoms with E-state index in [0.717, 1.165) is 16.3 Å². The lowest BCUT2D eigenvalue weighted by molar-refractivity contribution is 0.0456. The highest BCUT2D eigenvalue weighted by Crippen LogP contribution is 2.21. The summed E-state index contributed by atoms with van der Waals surface area (Å²) in [7, 11) is -1.36. The summed E-state index contributed by atoms with van der Waals surface area (Å²) in [5.74, 6) is -0.247. The zero-order valence-corrected chi connectivity index (χ0v) is 15.9. The Balaban J connectivity index is 2.37. The van der Waals surface area contributed by atoms with Crippen molar-refractivity contribution in [2.24, 2.45) is 0 Å². The van der Waals surface area contributed by atoms with E-state index in [1.54, 1.807) is 13.2 Å². The number of rotatable bonds is 7. The fourth-order valence-electron chi connectivity index (χ4n) is 2.53. The van der Waals surface area contributed by atoms with Gasteiger partial charge in [0, 0.05) is 24.5 Å². The van der Waals surface area contributed by atoms with Crippen LogP contribution >= 0.6 is 0 Å². The fraction of sp³-hybridized carbons (Fsp3) is 0.368. The summed E-state index contributed by atoms with van der Waals surface area (Å²) in [4.78, 5) is 0. The van der Waals surface area contributed by atoms with Gasteiger partial charge in [-0.1, -0.05) is 36.4 Å². The van der Waals surface area contributed by atoms with E-state index in [0.29, 0.717) is 0 Å². The normalized spacial score (nSPS) is 12.2. The molecule has 130 valence electrons. The van der Waals surface area contributed by atoms with Crippen molar-refractivity contribution < 1.29 is 17.7 Å². The molecule has 0 aliphatic rings. The summed E-state index contributed by atoms with van der Waals surface area (Å²) in [6, 6.07) is 14.3. The van der Waals surface area contributed by atoms with Crippen LogP contribution in [0.4, 0.5) is 4.39 Å². The third kappa shape index (κ3) is 4.51. The second-order valence-corrected chi connectivity index (χ2v) is 8.75. The third-order valence-corrected chi connectivity index (χ3v) is 6.59. The molecule has 2 aromatic rings. The summed E-state index contributed by atoms with van der Waals surface area (Å²) in [5, 5.41) is 0.896. The van der Waals surface area contributed by atoms with Crippen LogP contribution in [0.25, 0.3) is 11.1 Å². The highest BCUT2D eigenvalue weighted by molar-refractivity contribution is 6.75. The van der Waals surface area contributed by atoms with Crippen molar-refractivity contribution >= 4 is 14.0 Å². The van der Waals surface area contributed by atoms with E-state index in [9.17, 15) is 4.39 Å². The molecule has 0 heterocycles. The van der Waals surface area contributed by atoms with Crippen molar-refractivity contribution in [3.8, 4) is 11.1 Å². The maximum atomic E-state index is 13.4. The SMILES string of the molecule is CO[Si](OC(C)C)(OC(C)C)c1ccc(-c2cccc(F)c2)cc1. The number of halogens is 1. The Morgan fingerprint density at radius 1 is 0.833 bits per heavy atom. The molecule has 0 N–H and O–H groups in total. The first-order valence-corrected chi connectivity index (χ1v) is 9.86. The Labute approximate surface area is 144 Å². The van der Waals surface area contributed by atoms with Gasteiger partial charge < -0.3 is 13.3 Å². The second-order valence-electron chi connectivity index (χ2n) is 6.18. The molecule has 2 rings (SSSR count). The lowest BCUT2D eigenvalue weighted by Crippen LogP contribution is -2.58. The van der Waals surface area contributed by atoms with Crippen LogP contribution in [0.1, 0.15) is 27.7 Å². The molecule has 3 nitrogen and oxygen atoms in total. The standard InChI is InChI=1S/C19H25FO3Si/c1-14(2)22-24(21-5,23-15(3)4)19-11-9-16(10-12-19)17-7-6-8-18(20)13-17/h6-15H,1-5H3. The largest absolute Gasteiger partial charge is 0.537 e. The van der Waals surface area contributed by atoms with E-state index >= 15 is 0 Å². The van der Waals surface area contributed by atoms with Gasteiger partial charge >= 0.3 is 8.80 Å². The van der Waals surface area contributed by atoms with Crippen LogP contribution in [-0.2, 0) is 13.3 Å². The zero-order valence-electron chi connectivity index (χ0n) is 14.9. The summed E-state index contributed by atoms with van der Waals surface area (Å²) >= 11 is 0. The monoisotopic (exact) mass is 348 g/mol. The lowest BCUT2D eigenvalue weighted by Gasteiger charge is -2.31. The van der Waals surface area contributed by atoms with Crippen LogP contribution < -0.4 is 5.19 Å². The zero-order chi connectivity index (χ0) is 17.7. The lowest BCUT2D eigenvalue weighted by atomic mass is 10.1. The second kappa shape index (κ2) is 8.03. The molecular weight excluding hydrogens is 323 g/mol. The smallest absolute Gasteiger partial charge is 0.373 e. The number of benzene rings is 2. The molecule has 2 aromatic carbocycles. The molecule has 0 fully saturated rings. The van der Waals surface area contributed by atoms with Gasteiger partial charge in [-0.05, 0) is 51.0 Å². The van der Waals surface area contributed by atoms with Gasteiger partial charge in [0.05, 0.1) is 0 Å². The molecule has 0 aromatic heterocycles. The average Bonchev–Trinajstić information content (AvgIpc) is 2.53. The highest BCUT2D eigenvalue weighted by atomic mass is 28.4. The molecule has 0 atom stereocenters. The molecule has 0 saturated carbocycles. The third-order valence-electron chi connectivity index (χ3n) is 3.45. The topological polar surface area (TPSA) is 27.7 Å². The van der Waals surface area contributed by atoms with Crippen molar-refractivity contribution in [3.05, 3.63) is 54.3 Å². The van der Waals surface area contributed by atoms with Crippen LogP contribution in [-0.4, -0.2) is 28.1 Å². The van der Waals surface area contributed by atoms with Crippen molar-refractivity contribution in [2.45, 2.75) is 39.9 Å². The van der Waals surface area contributed by atoms with Gasteiger partial charge in [0.1, 0.15) is 5.82 Å². The maximum Gasteiger partial charge on any atom is 0.537 e. The van der Waals surface area contributed by atoms with Gasteiger partial charge in [0.15, 0.2) is 0 Å². The average molecular weight is 348 g/mol. The van der Waals surface area contributed by atoms with E-state index < -0.39 is 8.80 Å². The minimum Gasteiger partial charge on any atom is -0.373 e. The quantitative estimate of drug-likeness (QED) is 0.704. The van der Waals surface area contributed by atoms with Crippen LogP contribution in [0.3, 0.4) is 0 Å². The Morgan fingerprint density at radius 2 is 1.42 bits per heavy atom. The molecule has 0 aliphatic heterocycles. The maximum absolute atomic E-state index is 13.4. The van der Waals surface area contributed by atoms with Crippen LogP contribution in [0.5, 0.6) is 0 Å². The molecule has 24 heavy (non-hydrogen) atoms. The summed E-state index contributed by atoms with van der Waals surface area (Å²) in [5.41, 5.74) is 1.77. The molecule has 5 heteroatoms. The van der Waals surface area contributed by atoms with E-state index in [1.165, 1.54) is 12.1 Å². The van der Waals surface area contributed by atoms with Gasteiger partial charge in [-0.25, -0.2) is 4.39 Å². The first kappa shape index (κ1) is 18.8. The summed E-state index contributed by atoms with van der Waals surface area (Å²) < 4.78 is 31.3. The van der Waals surface area contributed by atoms with Crippen molar-refractivity contribution in [2.75, 3.05) is 7.11 Å². The van der Waals surface area contributed by atoms with Gasteiger partial charge in [0.2, 0.25) is 0 Å². The van der Waals surface area contributed by atoms with Gasteiger partial charge in [-0.15, -0.1) is 0 Å². The van der Waals surface area contributed by atoms with Crippen LogP contribution in [0.15, 0.2) is 48.5 Å². The molecule has 0 bridgehead atoms. The van der Waals surface area contributed by atoms with E-state index in [-0.39, 0.29) is 18.0 Å². The van der Waals surface area contributed by atoms with Crippen molar-refractivity contribution in [1.82, 2.24) is 0 Å². The van der Waals surface area contributed by atoms with E-state index in [2.05, 4.69) is 0 Å². The minimum atomic E-state index is -2.98. The summed E-state index contributed by atoms with van der Waals surface area (Å²) in [6.45, 7) is 7.86. The van der Waals surface area contributed by atoms with Crippen LogP contribution in [0, 0.1) is 5.82 Å². The fourth-order valence-corrected chi connectivity index (χ4v) is 5.11. The van der Waals surface area contributed by atoms with Crippen molar-refractivity contribution in [3.63, 3.8) is 0 Å².